The number of hydrogen-bond acceptors (Lipinski definition) is 13. The number of halogens is 3. The zero-order valence-corrected chi connectivity index (χ0v) is 40.1. The molecule has 1 amide bonds. The Morgan fingerprint density at radius 2 is 1.24 bits per heavy atom. The highest BCUT2D eigenvalue weighted by molar-refractivity contribution is 7.99. The molecule has 5 aromatic carbocycles. The van der Waals surface area contributed by atoms with E-state index in [1.54, 1.807) is 0 Å². The molecular weight excluding hydrogens is 957 g/mol. The van der Waals surface area contributed by atoms with Gasteiger partial charge in [-0.15, -0.1) is 0 Å². The molecule has 0 aliphatic carbocycles. The van der Waals surface area contributed by atoms with E-state index in [4.69, 9.17) is 82.2 Å². The zero-order chi connectivity index (χ0) is 47.3. The number of nitrogens with one attached hydrogen (secondary N) is 1. The summed E-state index contributed by atoms with van der Waals surface area (Å²) in [6.07, 6.45) is -9.89. The van der Waals surface area contributed by atoms with Crippen molar-refractivity contribution in [2.24, 2.45) is 0 Å². The molecule has 3 heterocycles. The highest BCUT2D eigenvalue weighted by atomic mass is 35.6. The fourth-order valence-corrected chi connectivity index (χ4v) is 9.42. The molecule has 3 aliphatic rings. The number of amides is 1. The van der Waals surface area contributed by atoms with Crippen molar-refractivity contribution in [3.63, 3.8) is 0 Å². The minimum atomic E-state index is -1.90. The molecule has 1 N–H and O–H groups in total. The van der Waals surface area contributed by atoms with Crippen molar-refractivity contribution in [2.75, 3.05) is 19.8 Å². The minimum Gasteiger partial charge on any atom is -0.454 e. The summed E-state index contributed by atoms with van der Waals surface area (Å²) in [5, 5.41) is 2.94. The number of hydrogen-bond donors (Lipinski definition) is 1. The summed E-state index contributed by atoms with van der Waals surface area (Å²) >= 11 is 19.4. The van der Waals surface area contributed by atoms with E-state index in [-0.39, 0.29) is 33.0 Å². The van der Waals surface area contributed by atoms with E-state index < -0.39 is 89.2 Å². The van der Waals surface area contributed by atoms with Crippen LogP contribution in [0.3, 0.4) is 0 Å². The molecule has 13 nitrogen and oxygen atoms in total. The summed E-state index contributed by atoms with van der Waals surface area (Å²) in [5.74, 6) is -0.625. The number of esters is 1. The van der Waals surface area contributed by atoms with Crippen LogP contribution < -0.4 is 5.32 Å². The standard InChI is InChI=1S/C51H52Cl3NO12S/c1-33(56)63-46-45(60-29-36-21-11-4-12-22-36)42(59-28-35-19-9-3-10-20-35)39(30-58-27-34-17-7-2-8-18-34)64-48(46)67-44-41(55-50(57)62-32-51(52,53)54)49(68-38-25-15-6-16-26-38)65-40-31-61-47(66-43(40)44)37-23-13-5-14-24-37/h2-26,39-49H,27-32H2,1H3,(H,55,57)/t39-,40-,41-,42-,43+,44-,45+,46-,47+,48+,49+/m1/s1. The van der Waals surface area contributed by atoms with Crippen LogP contribution in [0.25, 0.3) is 0 Å². The van der Waals surface area contributed by atoms with Gasteiger partial charge in [0.2, 0.25) is 3.79 Å². The van der Waals surface area contributed by atoms with Gasteiger partial charge >= 0.3 is 12.1 Å². The molecule has 0 aromatic heterocycles. The maximum absolute atomic E-state index is 13.8. The SMILES string of the molecule is CC(=O)O[C@H]1[C@H](O[C@@H]2[C@@H](NC(=O)OCC(Cl)(Cl)Cl)[C@H](Sc3ccccc3)O[C@@H]3CO[C@H](c4ccccc4)O[C@H]23)O[C@H](COCc2ccccc2)[C@@H](OCc2ccccc2)[C@@H]1OCc1ccccc1. The van der Waals surface area contributed by atoms with Gasteiger partial charge < -0.3 is 52.7 Å². The second kappa shape index (κ2) is 24.5. The second-order valence-corrected chi connectivity index (χ2v) is 19.9. The van der Waals surface area contributed by atoms with Gasteiger partial charge in [-0.1, -0.05) is 186 Å². The van der Waals surface area contributed by atoms with Gasteiger partial charge in [0.1, 0.15) is 48.7 Å². The predicted molar refractivity (Wildman–Crippen MR) is 255 cm³/mol. The van der Waals surface area contributed by atoms with Crippen LogP contribution in [0, 0.1) is 0 Å². The quantitative estimate of drug-likeness (QED) is 0.0660. The average Bonchev–Trinajstić information content (AvgIpc) is 3.35. The Morgan fingerprint density at radius 3 is 1.82 bits per heavy atom. The lowest BCUT2D eigenvalue weighted by atomic mass is 9.95. The van der Waals surface area contributed by atoms with Gasteiger partial charge in [0.15, 0.2) is 18.7 Å². The van der Waals surface area contributed by atoms with Gasteiger partial charge in [-0.25, -0.2) is 4.79 Å². The fourth-order valence-electron chi connectivity index (χ4n) is 8.11. The Kier molecular flexibility index (Phi) is 18.1. The Balaban J connectivity index is 1.19. The first-order chi connectivity index (χ1) is 33.1. The molecule has 0 spiro atoms. The molecule has 11 atom stereocenters. The molecule has 68 heavy (non-hydrogen) atoms. The van der Waals surface area contributed by atoms with E-state index in [2.05, 4.69) is 5.32 Å². The van der Waals surface area contributed by atoms with Crippen molar-refractivity contribution in [2.45, 2.75) is 102 Å². The molecule has 360 valence electrons. The van der Waals surface area contributed by atoms with Crippen LogP contribution in [-0.2, 0) is 72.0 Å². The number of carbonyl (C=O) groups is 2. The first-order valence-electron chi connectivity index (χ1n) is 22.2. The summed E-state index contributed by atoms with van der Waals surface area (Å²) in [7, 11) is 0. The van der Waals surface area contributed by atoms with E-state index in [1.807, 2.05) is 152 Å². The number of benzene rings is 5. The number of alkyl halides is 3. The molecule has 0 bridgehead atoms. The smallest absolute Gasteiger partial charge is 0.407 e. The Labute approximate surface area is 414 Å². The number of fused-ring (bicyclic) bond motifs is 1. The monoisotopic (exact) mass is 1010 g/mol. The molecule has 0 unspecified atom stereocenters. The van der Waals surface area contributed by atoms with Crippen LogP contribution in [0.2, 0.25) is 0 Å². The van der Waals surface area contributed by atoms with E-state index in [9.17, 15) is 9.59 Å². The summed E-state index contributed by atoms with van der Waals surface area (Å²) in [6, 6.07) is 46.9. The fraction of sp³-hybridized carbons (Fsp3) is 0.373. The molecule has 3 aliphatic heterocycles. The molecular formula is C51H52Cl3NO12S. The van der Waals surface area contributed by atoms with Gasteiger partial charge in [-0.2, -0.15) is 0 Å². The molecule has 0 saturated carbocycles. The van der Waals surface area contributed by atoms with E-state index >= 15 is 0 Å². The van der Waals surface area contributed by atoms with Crippen molar-refractivity contribution in [3.8, 4) is 0 Å². The maximum Gasteiger partial charge on any atom is 0.407 e. The third kappa shape index (κ3) is 14.2. The summed E-state index contributed by atoms with van der Waals surface area (Å²) < 4.78 is 63.6. The number of ether oxygens (including phenoxy) is 10. The van der Waals surface area contributed by atoms with Crippen LogP contribution in [0.4, 0.5) is 4.79 Å². The van der Waals surface area contributed by atoms with Crippen LogP contribution in [-0.4, -0.2) is 96.2 Å². The number of thioether (sulfide) groups is 1. The lowest BCUT2D eigenvalue weighted by Gasteiger charge is -2.52. The van der Waals surface area contributed by atoms with Gasteiger partial charge in [0.25, 0.3) is 0 Å². The second-order valence-electron chi connectivity index (χ2n) is 16.3. The van der Waals surface area contributed by atoms with Crippen molar-refractivity contribution in [3.05, 3.63) is 174 Å². The van der Waals surface area contributed by atoms with Crippen molar-refractivity contribution in [1.82, 2.24) is 5.32 Å². The van der Waals surface area contributed by atoms with Crippen molar-refractivity contribution >= 4 is 58.6 Å². The summed E-state index contributed by atoms with van der Waals surface area (Å²) in [6.45, 7) is 1.41. The summed E-state index contributed by atoms with van der Waals surface area (Å²) in [5.41, 5.74) is 2.61. The van der Waals surface area contributed by atoms with Gasteiger partial charge in [-0.05, 0) is 28.8 Å². The molecule has 0 radical (unpaired) electrons. The van der Waals surface area contributed by atoms with Crippen molar-refractivity contribution < 1.29 is 57.0 Å². The third-order valence-corrected chi connectivity index (χ3v) is 12.7. The molecule has 8 rings (SSSR count). The first kappa shape index (κ1) is 50.1. The minimum absolute atomic E-state index is 0.0178. The number of carbonyl (C=O) groups excluding carboxylic acids is 2. The zero-order valence-electron chi connectivity index (χ0n) is 37.0. The van der Waals surface area contributed by atoms with Crippen LogP contribution >= 0.6 is 46.6 Å². The van der Waals surface area contributed by atoms with Crippen molar-refractivity contribution in [1.29, 1.82) is 0 Å². The topological polar surface area (TPSA) is 138 Å². The Morgan fingerprint density at radius 1 is 0.676 bits per heavy atom. The molecule has 3 fully saturated rings. The van der Waals surface area contributed by atoms with Gasteiger partial charge in [-0.3, -0.25) is 4.79 Å². The number of alkyl carbamates (subject to hydrolysis) is 1. The third-order valence-electron chi connectivity index (χ3n) is 11.2. The van der Waals surface area contributed by atoms with Crippen LogP contribution in [0.15, 0.2) is 157 Å². The average molecular weight is 1010 g/mol. The van der Waals surface area contributed by atoms with E-state index in [0.717, 1.165) is 27.1 Å². The normalized spacial score (nSPS) is 27.1. The lowest BCUT2D eigenvalue weighted by Crippen LogP contribution is -2.69. The lowest BCUT2D eigenvalue weighted by molar-refractivity contribution is -0.363. The highest BCUT2D eigenvalue weighted by Gasteiger charge is 2.56. The molecule has 17 heteroatoms. The Bertz CT molecular complexity index is 2310. The van der Waals surface area contributed by atoms with Gasteiger partial charge in [0.05, 0.1) is 39.1 Å². The molecule has 3 saturated heterocycles. The largest absolute Gasteiger partial charge is 0.454 e. The molecule has 5 aromatic rings. The highest BCUT2D eigenvalue weighted by Crippen LogP contribution is 2.42. The van der Waals surface area contributed by atoms with Gasteiger partial charge in [0, 0.05) is 17.4 Å². The van der Waals surface area contributed by atoms with E-state index in [1.165, 1.54) is 18.7 Å². The predicted octanol–water partition coefficient (Wildman–Crippen LogP) is 9.51. The summed E-state index contributed by atoms with van der Waals surface area (Å²) in [4.78, 5) is 27.9. The Hall–Kier alpha value is -4.26. The number of rotatable bonds is 18. The maximum atomic E-state index is 13.8. The first-order valence-corrected chi connectivity index (χ1v) is 24.2. The van der Waals surface area contributed by atoms with Crippen LogP contribution in [0.1, 0.15) is 35.5 Å². The van der Waals surface area contributed by atoms with Crippen LogP contribution in [0.5, 0.6) is 0 Å². The van der Waals surface area contributed by atoms with E-state index in [0.29, 0.717) is 0 Å².